The number of benzene rings is 1. The number of carbonyl (C=O) groups is 3. The second-order valence-corrected chi connectivity index (χ2v) is 6.97. The lowest BCUT2D eigenvalue weighted by Crippen LogP contribution is -2.49. The number of nitrogens with zero attached hydrogens (tertiary/aromatic N) is 1. The molecule has 146 valence electrons. The lowest BCUT2D eigenvalue weighted by molar-refractivity contribution is -0.135. The summed E-state index contributed by atoms with van der Waals surface area (Å²) < 4.78 is 18.2. The van der Waals surface area contributed by atoms with Gasteiger partial charge in [-0.05, 0) is 43.5 Å². The normalized spacial score (nSPS) is 18.5. The molecule has 1 heterocycles. The van der Waals surface area contributed by atoms with Crippen LogP contribution in [0.15, 0.2) is 24.3 Å². The van der Waals surface area contributed by atoms with E-state index in [0.717, 1.165) is 24.2 Å². The van der Waals surface area contributed by atoms with Gasteiger partial charge in [0.2, 0.25) is 5.91 Å². The Hall–Kier alpha value is -2.64. The summed E-state index contributed by atoms with van der Waals surface area (Å²) in [7, 11) is 0. The molecule has 3 rings (SSSR count). The highest BCUT2D eigenvalue weighted by atomic mass is 19.1. The van der Waals surface area contributed by atoms with E-state index < -0.39 is 11.6 Å². The summed E-state index contributed by atoms with van der Waals surface area (Å²) in [6.07, 6.45) is 4.69. The first-order valence-electron chi connectivity index (χ1n) is 9.29. The minimum Gasteiger partial charge on any atom is -0.494 e. The SMILES string of the molecule is O=C(CN1C(=O)NC2(CCCCC2)C1=O)NCCCOc1ccc(F)cc1. The van der Waals surface area contributed by atoms with Crippen LogP contribution in [0.25, 0.3) is 0 Å². The van der Waals surface area contributed by atoms with Gasteiger partial charge in [0, 0.05) is 6.54 Å². The van der Waals surface area contributed by atoms with Crippen LogP contribution < -0.4 is 15.4 Å². The topological polar surface area (TPSA) is 87.7 Å². The fourth-order valence-corrected chi connectivity index (χ4v) is 3.53. The smallest absolute Gasteiger partial charge is 0.325 e. The zero-order chi connectivity index (χ0) is 19.3. The van der Waals surface area contributed by atoms with Crippen LogP contribution in [0.1, 0.15) is 38.5 Å². The summed E-state index contributed by atoms with van der Waals surface area (Å²) in [5.41, 5.74) is -0.807. The number of urea groups is 1. The highest BCUT2D eigenvalue weighted by Crippen LogP contribution is 2.33. The highest BCUT2D eigenvalue weighted by molar-refractivity contribution is 6.09. The van der Waals surface area contributed by atoms with Crippen molar-refractivity contribution >= 4 is 17.8 Å². The summed E-state index contributed by atoms with van der Waals surface area (Å²) in [5, 5.41) is 5.47. The molecule has 0 aromatic heterocycles. The molecular weight excluding hydrogens is 353 g/mol. The van der Waals surface area contributed by atoms with Crippen molar-refractivity contribution < 1.29 is 23.5 Å². The van der Waals surface area contributed by atoms with E-state index in [1.165, 1.54) is 24.3 Å². The van der Waals surface area contributed by atoms with Crippen LogP contribution in [0.2, 0.25) is 0 Å². The Balaban J connectivity index is 1.38. The molecule has 7 nitrogen and oxygen atoms in total. The second kappa shape index (κ2) is 8.37. The Morgan fingerprint density at radius 2 is 1.89 bits per heavy atom. The van der Waals surface area contributed by atoms with Gasteiger partial charge in [0.25, 0.3) is 5.91 Å². The molecule has 1 saturated carbocycles. The molecule has 0 radical (unpaired) electrons. The minimum absolute atomic E-state index is 0.273. The molecule has 1 aromatic rings. The maximum Gasteiger partial charge on any atom is 0.325 e. The van der Waals surface area contributed by atoms with Gasteiger partial charge in [-0.15, -0.1) is 0 Å². The molecule has 1 aliphatic carbocycles. The minimum atomic E-state index is -0.807. The van der Waals surface area contributed by atoms with Gasteiger partial charge in [0.1, 0.15) is 23.7 Å². The van der Waals surface area contributed by atoms with Gasteiger partial charge in [-0.1, -0.05) is 19.3 Å². The van der Waals surface area contributed by atoms with E-state index in [1.807, 2.05) is 0 Å². The molecule has 2 N–H and O–H groups in total. The van der Waals surface area contributed by atoms with Crippen molar-refractivity contribution in [3.05, 3.63) is 30.1 Å². The molecule has 0 unspecified atom stereocenters. The standard InChI is InChI=1S/C19H24FN3O4/c20-14-5-7-15(8-6-14)27-12-4-11-21-16(24)13-23-17(25)19(22-18(23)26)9-2-1-3-10-19/h5-8H,1-4,9-13H2,(H,21,24)(H,22,26). The first-order valence-corrected chi connectivity index (χ1v) is 9.29. The summed E-state index contributed by atoms with van der Waals surface area (Å²) in [6.45, 7) is 0.443. The van der Waals surface area contributed by atoms with Crippen molar-refractivity contribution in [3.63, 3.8) is 0 Å². The zero-order valence-corrected chi connectivity index (χ0v) is 15.1. The first kappa shape index (κ1) is 19.1. The highest BCUT2D eigenvalue weighted by Gasteiger charge is 2.51. The Labute approximate surface area is 157 Å². The molecule has 1 aliphatic heterocycles. The molecule has 27 heavy (non-hydrogen) atoms. The number of hydrogen-bond donors (Lipinski definition) is 2. The quantitative estimate of drug-likeness (QED) is 0.562. The fraction of sp³-hybridized carbons (Fsp3) is 0.526. The molecule has 1 saturated heterocycles. The molecule has 0 bridgehead atoms. The monoisotopic (exact) mass is 377 g/mol. The number of rotatable bonds is 7. The van der Waals surface area contributed by atoms with Crippen LogP contribution in [-0.2, 0) is 9.59 Å². The van der Waals surface area contributed by atoms with Gasteiger partial charge in [0.05, 0.1) is 6.61 Å². The van der Waals surface area contributed by atoms with Crippen LogP contribution in [-0.4, -0.2) is 48.0 Å². The van der Waals surface area contributed by atoms with E-state index >= 15 is 0 Å². The van der Waals surface area contributed by atoms with Gasteiger partial charge in [0.15, 0.2) is 0 Å². The summed E-state index contributed by atoms with van der Waals surface area (Å²) in [5.74, 6) is -0.444. The average molecular weight is 377 g/mol. The van der Waals surface area contributed by atoms with E-state index in [0.29, 0.717) is 38.2 Å². The number of ether oxygens (including phenoxy) is 1. The lowest BCUT2D eigenvalue weighted by atomic mass is 9.82. The van der Waals surface area contributed by atoms with Crippen molar-refractivity contribution in [3.8, 4) is 5.75 Å². The van der Waals surface area contributed by atoms with Gasteiger partial charge in [-0.3, -0.25) is 14.5 Å². The Kier molecular flexibility index (Phi) is 5.93. The number of nitrogens with one attached hydrogen (secondary N) is 2. The predicted molar refractivity (Wildman–Crippen MR) is 95.6 cm³/mol. The van der Waals surface area contributed by atoms with Gasteiger partial charge in [-0.2, -0.15) is 0 Å². The van der Waals surface area contributed by atoms with E-state index in [9.17, 15) is 18.8 Å². The van der Waals surface area contributed by atoms with Gasteiger partial charge in [-0.25, -0.2) is 9.18 Å². The number of hydrogen-bond acceptors (Lipinski definition) is 4. The van der Waals surface area contributed by atoms with E-state index in [2.05, 4.69) is 10.6 Å². The van der Waals surface area contributed by atoms with Crippen LogP contribution in [0.5, 0.6) is 5.75 Å². The number of carbonyl (C=O) groups excluding carboxylic acids is 3. The van der Waals surface area contributed by atoms with Crippen molar-refractivity contribution in [2.24, 2.45) is 0 Å². The van der Waals surface area contributed by atoms with Crippen molar-refractivity contribution in [2.45, 2.75) is 44.1 Å². The van der Waals surface area contributed by atoms with Crippen molar-refractivity contribution in [1.29, 1.82) is 0 Å². The molecular formula is C19H24FN3O4. The third-order valence-electron chi connectivity index (χ3n) is 4.98. The lowest BCUT2D eigenvalue weighted by Gasteiger charge is -2.30. The first-order chi connectivity index (χ1) is 13.0. The molecule has 1 aromatic carbocycles. The third kappa shape index (κ3) is 4.56. The van der Waals surface area contributed by atoms with Crippen LogP contribution in [0.3, 0.4) is 0 Å². The third-order valence-corrected chi connectivity index (χ3v) is 4.98. The molecule has 4 amide bonds. The summed E-state index contributed by atoms with van der Waals surface area (Å²) >= 11 is 0. The second-order valence-electron chi connectivity index (χ2n) is 6.97. The number of amides is 4. The molecule has 1 spiro atoms. The van der Waals surface area contributed by atoms with E-state index in [4.69, 9.17) is 4.74 Å². The Morgan fingerprint density at radius 3 is 2.59 bits per heavy atom. The average Bonchev–Trinajstić information content (AvgIpc) is 2.87. The number of halogens is 1. The van der Waals surface area contributed by atoms with Gasteiger partial charge < -0.3 is 15.4 Å². The van der Waals surface area contributed by atoms with Crippen LogP contribution >= 0.6 is 0 Å². The van der Waals surface area contributed by atoms with E-state index in [-0.39, 0.29) is 24.2 Å². The van der Waals surface area contributed by atoms with Crippen LogP contribution in [0.4, 0.5) is 9.18 Å². The van der Waals surface area contributed by atoms with Crippen molar-refractivity contribution in [1.82, 2.24) is 15.5 Å². The van der Waals surface area contributed by atoms with E-state index in [1.54, 1.807) is 0 Å². The Morgan fingerprint density at radius 1 is 1.19 bits per heavy atom. The van der Waals surface area contributed by atoms with Gasteiger partial charge >= 0.3 is 6.03 Å². The van der Waals surface area contributed by atoms with Crippen molar-refractivity contribution in [2.75, 3.05) is 19.7 Å². The molecule has 8 heteroatoms. The maximum atomic E-state index is 12.8. The predicted octanol–water partition coefficient (Wildman–Crippen LogP) is 1.97. The molecule has 0 atom stereocenters. The number of imide groups is 1. The largest absolute Gasteiger partial charge is 0.494 e. The summed E-state index contributed by atoms with van der Waals surface area (Å²) in [6, 6.07) is 5.21. The molecule has 2 aliphatic rings. The summed E-state index contributed by atoms with van der Waals surface area (Å²) in [4.78, 5) is 37.8. The zero-order valence-electron chi connectivity index (χ0n) is 15.1. The fourth-order valence-electron chi connectivity index (χ4n) is 3.53. The Bertz CT molecular complexity index is 701. The van der Waals surface area contributed by atoms with Crippen LogP contribution in [0, 0.1) is 5.82 Å². The maximum absolute atomic E-state index is 12.8. The molecule has 2 fully saturated rings.